The Kier molecular flexibility index (Phi) is 2.93. The van der Waals surface area contributed by atoms with Crippen LogP contribution in [0.1, 0.15) is 31.9 Å². The van der Waals surface area contributed by atoms with Crippen LogP contribution in [0, 0.1) is 10.1 Å². The smallest absolute Gasteiger partial charge is 0.258 e. The molecule has 0 bridgehead atoms. The summed E-state index contributed by atoms with van der Waals surface area (Å²) >= 11 is 0. The minimum atomic E-state index is -0.369. The molecule has 1 aromatic rings. The summed E-state index contributed by atoms with van der Waals surface area (Å²) in [4.78, 5) is 10.4. The summed E-state index contributed by atoms with van der Waals surface area (Å²) in [5, 5.41) is 10.8. The second kappa shape index (κ2) is 3.85. The summed E-state index contributed by atoms with van der Waals surface area (Å²) in [7, 11) is 0. The van der Waals surface area contributed by atoms with Gasteiger partial charge in [0.2, 0.25) is 0 Å². The van der Waals surface area contributed by atoms with Gasteiger partial charge in [-0.1, -0.05) is 45.6 Å². The Labute approximate surface area is 89.6 Å². The zero-order valence-corrected chi connectivity index (χ0v) is 9.28. The predicted molar refractivity (Wildman–Crippen MR) is 61.9 cm³/mol. The Hall–Kier alpha value is -1.64. The Morgan fingerprint density at radius 3 is 2.40 bits per heavy atom. The minimum Gasteiger partial charge on any atom is -0.258 e. The maximum Gasteiger partial charge on any atom is 0.276 e. The van der Waals surface area contributed by atoms with E-state index in [9.17, 15) is 10.1 Å². The third-order valence-corrected chi connectivity index (χ3v) is 2.29. The van der Waals surface area contributed by atoms with Gasteiger partial charge < -0.3 is 0 Å². The fraction of sp³-hybridized carbons (Fsp3) is 0.333. The second-order valence-corrected chi connectivity index (χ2v) is 4.45. The van der Waals surface area contributed by atoms with Crippen molar-refractivity contribution in [1.82, 2.24) is 0 Å². The van der Waals surface area contributed by atoms with E-state index < -0.39 is 0 Å². The summed E-state index contributed by atoms with van der Waals surface area (Å²) in [5.74, 6) is 0. The van der Waals surface area contributed by atoms with Gasteiger partial charge in [0, 0.05) is 6.07 Å². The van der Waals surface area contributed by atoms with E-state index in [1.165, 1.54) is 6.07 Å². The van der Waals surface area contributed by atoms with Gasteiger partial charge >= 0.3 is 0 Å². The number of benzene rings is 1. The van der Waals surface area contributed by atoms with Gasteiger partial charge in [0.15, 0.2) is 0 Å². The molecule has 0 amide bonds. The van der Waals surface area contributed by atoms with Gasteiger partial charge in [0.05, 0.1) is 10.5 Å². The average molecular weight is 205 g/mol. The first kappa shape index (κ1) is 11.4. The van der Waals surface area contributed by atoms with Crippen LogP contribution in [0.5, 0.6) is 0 Å². The van der Waals surface area contributed by atoms with Gasteiger partial charge in [0.1, 0.15) is 0 Å². The summed E-state index contributed by atoms with van der Waals surface area (Å²) in [6, 6.07) is 5.13. The van der Waals surface area contributed by atoms with E-state index in [-0.39, 0.29) is 16.0 Å². The lowest BCUT2D eigenvalue weighted by molar-refractivity contribution is -0.385. The molecule has 0 heterocycles. The van der Waals surface area contributed by atoms with Crippen molar-refractivity contribution in [2.75, 3.05) is 0 Å². The van der Waals surface area contributed by atoms with Crippen molar-refractivity contribution in [2.24, 2.45) is 0 Å². The zero-order chi connectivity index (χ0) is 11.6. The number of hydrogen-bond acceptors (Lipinski definition) is 2. The number of nitrogens with zero attached hydrogens (tertiary/aromatic N) is 1. The first-order valence-electron chi connectivity index (χ1n) is 4.78. The van der Waals surface area contributed by atoms with Crippen LogP contribution >= 0.6 is 0 Å². The van der Waals surface area contributed by atoms with E-state index in [1.54, 1.807) is 12.1 Å². The molecular weight excluding hydrogens is 190 g/mol. The quantitative estimate of drug-likeness (QED) is 0.547. The van der Waals surface area contributed by atoms with Crippen LogP contribution < -0.4 is 0 Å². The molecule has 0 aliphatic rings. The topological polar surface area (TPSA) is 43.1 Å². The van der Waals surface area contributed by atoms with Crippen molar-refractivity contribution >= 4 is 11.8 Å². The Balaban J connectivity index is 3.48. The highest BCUT2D eigenvalue weighted by atomic mass is 16.6. The highest BCUT2D eigenvalue weighted by Crippen LogP contribution is 2.32. The van der Waals surface area contributed by atoms with E-state index in [4.69, 9.17) is 0 Å². The predicted octanol–water partition coefficient (Wildman–Crippen LogP) is 3.54. The first-order valence-corrected chi connectivity index (χ1v) is 4.78. The van der Waals surface area contributed by atoms with Crippen molar-refractivity contribution in [3.8, 4) is 0 Å². The molecule has 3 heteroatoms. The van der Waals surface area contributed by atoms with Crippen LogP contribution in [0.15, 0.2) is 24.8 Å². The molecule has 15 heavy (non-hydrogen) atoms. The first-order chi connectivity index (χ1) is 6.88. The molecule has 0 aliphatic heterocycles. The lowest BCUT2D eigenvalue weighted by Crippen LogP contribution is -2.13. The normalized spacial score (nSPS) is 11.1. The third-order valence-electron chi connectivity index (χ3n) is 2.29. The monoisotopic (exact) mass is 205 g/mol. The van der Waals surface area contributed by atoms with Crippen LogP contribution in [0.2, 0.25) is 0 Å². The number of nitro groups is 1. The molecule has 0 saturated carbocycles. The van der Waals surface area contributed by atoms with Crippen LogP contribution in [-0.4, -0.2) is 4.92 Å². The van der Waals surface area contributed by atoms with Crippen molar-refractivity contribution in [2.45, 2.75) is 26.2 Å². The highest BCUT2D eigenvalue weighted by Gasteiger charge is 2.22. The molecule has 3 nitrogen and oxygen atoms in total. The summed E-state index contributed by atoms with van der Waals surface area (Å²) in [5.41, 5.74) is 1.58. The van der Waals surface area contributed by atoms with Crippen LogP contribution in [0.25, 0.3) is 6.08 Å². The SMILES string of the molecule is C=Cc1c([N+](=O)[O-])cccc1C(C)(C)C. The molecule has 0 fully saturated rings. The van der Waals surface area contributed by atoms with Crippen LogP contribution in [0.3, 0.4) is 0 Å². The summed E-state index contributed by atoms with van der Waals surface area (Å²) in [6.45, 7) is 9.72. The van der Waals surface area contributed by atoms with Crippen molar-refractivity contribution < 1.29 is 4.92 Å². The molecule has 0 saturated heterocycles. The summed E-state index contributed by atoms with van der Waals surface area (Å²) in [6.07, 6.45) is 1.55. The molecule has 0 aromatic heterocycles. The van der Waals surface area contributed by atoms with E-state index in [0.717, 1.165) is 5.56 Å². The van der Waals surface area contributed by atoms with Crippen LogP contribution in [-0.2, 0) is 5.41 Å². The van der Waals surface area contributed by atoms with Gasteiger partial charge in [0.25, 0.3) is 5.69 Å². The van der Waals surface area contributed by atoms with E-state index >= 15 is 0 Å². The Morgan fingerprint density at radius 2 is 2.00 bits per heavy atom. The van der Waals surface area contributed by atoms with Crippen molar-refractivity contribution in [3.05, 3.63) is 46.0 Å². The molecule has 0 atom stereocenters. The number of hydrogen-bond donors (Lipinski definition) is 0. The highest BCUT2D eigenvalue weighted by molar-refractivity contribution is 5.64. The second-order valence-electron chi connectivity index (χ2n) is 4.45. The van der Waals surface area contributed by atoms with E-state index in [0.29, 0.717) is 5.56 Å². The standard InChI is InChI=1S/C12H15NO2/c1-5-9-10(12(2,3)4)7-6-8-11(9)13(14)15/h5-8H,1H2,2-4H3. The molecule has 1 aromatic carbocycles. The van der Waals surface area contributed by atoms with Gasteiger partial charge in [-0.3, -0.25) is 10.1 Å². The number of nitro benzene ring substituents is 1. The largest absolute Gasteiger partial charge is 0.276 e. The fourth-order valence-corrected chi connectivity index (χ4v) is 1.58. The lowest BCUT2D eigenvalue weighted by Gasteiger charge is -2.21. The van der Waals surface area contributed by atoms with Crippen LogP contribution in [0.4, 0.5) is 5.69 Å². The molecule has 0 unspecified atom stereocenters. The molecule has 80 valence electrons. The zero-order valence-electron chi connectivity index (χ0n) is 9.28. The molecule has 0 spiro atoms. The van der Waals surface area contributed by atoms with Crippen molar-refractivity contribution in [3.63, 3.8) is 0 Å². The molecule has 1 rings (SSSR count). The maximum absolute atomic E-state index is 10.8. The van der Waals surface area contributed by atoms with Gasteiger partial charge in [-0.15, -0.1) is 0 Å². The summed E-state index contributed by atoms with van der Waals surface area (Å²) < 4.78 is 0. The molecule has 0 aliphatic carbocycles. The molecule has 0 N–H and O–H groups in total. The maximum atomic E-state index is 10.8. The number of rotatable bonds is 2. The minimum absolute atomic E-state index is 0.116. The van der Waals surface area contributed by atoms with Gasteiger partial charge in [-0.05, 0) is 11.0 Å². The average Bonchev–Trinajstić information content (AvgIpc) is 2.15. The Bertz CT molecular complexity index is 403. The van der Waals surface area contributed by atoms with Gasteiger partial charge in [-0.25, -0.2) is 0 Å². The fourth-order valence-electron chi connectivity index (χ4n) is 1.58. The third kappa shape index (κ3) is 2.24. The Morgan fingerprint density at radius 1 is 1.40 bits per heavy atom. The molecular formula is C12H15NO2. The van der Waals surface area contributed by atoms with Gasteiger partial charge in [-0.2, -0.15) is 0 Å². The molecule has 0 radical (unpaired) electrons. The lowest BCUT2D eigenvalue weighted by atomic mass is 9.83. The van der Waals surface area contributed by atoms with E-state index in [1.807, 2.05) is 26.8 Å². The van der Waals surface area contributed by atoms with E-state index in [2.05, 4.69) is 6.58 Å². The van der Waals surface area contributed by atoms with Crippen molar-refractivity contribution in [1.29, 1.82) is 0 Å².